The van der Waals surface area contributed by atoms with Crippen LogP contribution in [0, 0.1) is 0 Å². The fourth-order valence-electron chi connectivity index (χ4n) is 3.39. The number of carbonyl (C=O) groups is 1. The average Bonchev–Trinajstić information content (AvgIpc) is 2.93. The largest absolute Gasteiger partial charge is 0.352 e. The van der Waals surface area contributed by atoms with Crippen molar-refractivity contribution in [1.29, 1.82) is 0 Å². The Morgan fingerprint density at radius 1 is 1.35 bits per heavy atom. The lowest BCUT2D eigenvalue weighted by Gasteiger charge is -2.28. The maximum atomic E-state index is 12.6. The minimum Gasteiger partial charge on any atom is -0.352 e. The number of nitrogens with one attached hydrogen (secondary N) is 2. The van der Waals surface area contributed by atoms with E-state index in [1.54, 1.807) is 0 Å². The van der Waals surface area contributed by atoms with Gasteiger partial charge in [0, 0.05) is 24.4 Å². The highest BCUT2D eigenvalue weighted by atomic mass is 32.2. The highest BCUT2D eigenvalue weighted by molar-refractivity contribution is 7.99. The first kappa shape index (κ1) is 14.0. The summed E-state index contributed by atoms with van der Waals surface area (Å²) >= 11 is 1.88. The van der Waals surface area contributed by atoms with E-state index in [-0.39, 0.29) is 11.8 Å². The molecule has 0 radical (unpaired) electrons. The van der Waals surface area contributed by atoms with Crippen LogP contribution in [0.3, 0.4) is 0 Å². The topological polar surface area (TPSA) is 41.1 Å². The van der Waals surface area contributed by atoms with Gasteiger partial charge in [0.15, 0.2) is 0 Å². The van der Waals surface area contributed by atoms with E-state index < -0.39 is 0 Å². The quantitative estimate of drug-likeness (QED) is 0.897. The van der Waals surface area contributed by atoms with Gasteiger partial charge in [0.1, 0.15) is 0 Å². The molecule has 1 amide bonds. The van der Waals surface area contributed by atoms with E-state index in [1.165, 1.54) is 24.0 Å². The third kappa shape index (κ3) is 2.72. The number of hydrogen-bond donors (Lipinski definition) is 2. The molecule has 3 atom stereocenters. The summed E-state index contributed by atoms with van der Waals surface area (Å²) in [7, 11) is 0. The smallest absolute Gasteiger partial charge is 0.229 e. The Labute approximate surface area is 124 Å². The number of hydrogen-bond acceptors (Lipinski definition) is 3. The van der Waals surface area contributed by atoms with Gasteiger partial charge in [-0.05, 0) is 30.2 Å². The van der Waals surface area contributed by atoms with Crippen LogP contribution in [0.2, 0.25) is 0 Å². The molecule has 3 nitrogen and oxygen atoms in total. The molecule has 0 spiro atoms. The molecular weight excluding hydrogens is 268 g/mol. The lowest BCUT2D eigenvalue weighted by Crippen LogP contribution is -2.45. The molecule has 4 heteroatoms. The van der Waals surface area contributed by atoms with Gasteiger partial charge in [0.2, 0.25) is 5.91 Å². The van der Waals surface area contributed by atoms with E-state index in [0.29, 0.717) is 11.3 Å². The number of fused-ring (bicyclic) bond motifs is 1. The zero-order valence-corrected chi connectivity index (χ0v) is 12.7. The Morgan fingerprint density at radius 3 is 3.05 bits per heavy atom. The molecule has 1 aliphatic carbocycles. The second-order valence-electron chi connectivity index (χ2n) is 5.70. The standard InChI is InChI=1S/C16H22N2OS/c1-20-15-8-4-7-14(15)18-16(19)13-10-17-9-11-5-2-3-6-12(11)13/h2-3,5-6,13-15,17H,4,7-10H2,1H3,(H,18,19). The Hall–Kier alpha value is -1.00. The molecule has 0 aromatic heterocycles. The van der Waals surface area contributed by atoms with Crippen LogP contribution in [0.5, 0.6) is 0 Å². The molecule has 1 aromatic carbocycles. The minimum absolute atomic E-state index is 0.0388. The summed E-state index contributed by atoms with van der Waals surface area (Å²) in [6, 6.07) is 8.64. The number of thioether (sulfide) groups is 1. The van der Waals surface area contributed by atoms with Crippen molar-refractivity contribution in [3.63, 3.8) is 0 Å². The molecule has 3 unspecified atom stereocenters. The Bertz CT molecular complexity index is 491. The van der Waals surface area contributed by atoms with Gasteiger partial charge in [-0.3, -0.25) is 4.79 Å². The molecule has 0 saturated heterocycles. The first-order chi connectivity index (χ1) is 9.79. The molecule has 1 saturated carbocycles. The van der Waals surface area contributed by atoms with Gasteiger partial charge in [-0.1, -0.05) is 30.7 Å². The van der Waals surface area contributed by atoms with Gasteiger partial charge in [0.25, 0.3) is 0 Å². The lowest BCUT2D eigenvalue weighted by atomic mass is 9.90. The van der Waals surface area contributed by atoms with Crippen LogP contribution in [0.15, 0.2) is 24.3 Å². The first-order valence-corrected chi connectivity index (χ1v) is 8.70. The normalized spacial score (nSPS) is 28.9. The predicted octanol–water partition coefficient (Wildman–Crippen LogP) is 2.27. The number of benzene rings is 1. The summed E-state index contributed by atoms with van der Waals surface area (Å²) in [5, 5.41) is 7.24. The highest BCUT2D eigenvalue weighted by Crippen LogP contribution is 2.30. The molecule has 1 aromatic rings. The fourth-order valence-corrected chi connectivity index (χ4v) is 4.32. The monoisotopic (exact) mass is 290 g/mol. The molecule has 1 fully saturated rings. The second-order valence-corrected chi connectivity index (χ2v) is 6.78. The lowest BCUT2D eigenvalue weighted by molar-refractivity contribution is -0.123. The fraction of sp³-hybridized carbons (Fsp3) is 0.562. The SMILES string of the molecule is CSC1CCCC1NC(=O)C1CNCc2ccccc21. The molecule has 108 valence electrons. The van der Waals surface area contributed by atoms with Crippen molar-refractivity contribution in [3.8, 4) is 0 Å². The van der Waals surface area contributed by atoms with Crippen LogP contribution >= 0.6 is 11.8 Å². The van der Waals surface area contributed by atoms with Crippen molar-refractivity contribution in [2.24, 2.45) is 0 Å². The van der Waals surface area contributed by atoms with Crippen molar-refractivity contribution in [1.82, 2.24) is 10.6 Å². The summed E-state index contributed by atoms with van der Waals surface area (Å²) in [6.45, 7) is 1.62. The minimum atomic E-state index is -0.0388. The van der Waals surface area contributed by atoms with Gasteiger partial charge in [-0.2, -0.15) is 11.8 Å². The molecule has 2 aliphatic rings. The molecule has 20 heavy (non-hydrogen) atoms. The zero-order valence-electron chi connectivity index (χ0n) is 11.9. The summed E-state index contributed by atoms with van der Waals surface area (Å²) in [5.74, 6) is 0.152. The zero-order chi connectivity index (χ0) is 13.9. The molecule has 3 rings (SSSR count). The second kappa shape index (κ2) is 6.19. The van der Waals surface area contributed by atoms with Gasteiger partial charge in [-0.25, -0.2) is 0 Å². The predicted molar refractivity (Wildman–Crippen MR) is 84.0 cm³/mol. The maximum Gasteiger partial charge on any atom is 0.229 e. The van der Waals surface area contributed by atoms with Gasteiger partial charge >= 0.3 is 0 Å². The Kier molecular flexibility index (Phi) is 4.32. The van der Waals surface area contributed by atoms with Gasteiger partial charge in [0.05, 0.1) is 5.92 Å². The van der Waals surface area contributed by atoms with E-state index in [4.69, 9.17) is 0 Å². The van der Waals surface area contributed by atoms with Crippen molar-refractivity contribution < 1.29 is 4.79 Å². The molecular formula is C16H22N2OS. The van der Waals surface area contributed by atoms with E-state index >= 15 is 0 Å². The van der Waals surface area contributed by atoms with Crippen molar-refractivity contribution in [2.45, 2.75) is 43.0 Å². The maximum absolute atomic E-state index is 12.6. The summed E-state index contributed by atoms with van der Waals surface area (Å²) in [6.07, 6.45) is 5.73. The summed E-state index contributed by atoms with van der Waals surface area (Å²) in [4.78, 5) is 12.6. The third-order valence-corrected chi connectivity index (χ3v) is 5.66. The van der Waals surface area contributed by atoms with Crippen LogP contribution in [0.4, 0.5) is 0 Å². The van der Waals surface area contributed by atoms with Crippen molar-refractivity contribution in [3.05, 3.63) is 35.4 Å². The summed E-state index contributed by atoms with van der Waals surface area (Å²) < 4.78 is 0. The van der Waals surface area contributed by atoms with Gasteiger partial charge < -0.3 is 10.6 Å². The number of carbonyl (C=O) groups excluding carboxylic acids is 1. The van der Waals surface area contributed by atoms with Crippen molar-refractivity contribution >= 4 is 17.7 Å². The Balaban J connectivity index is 1.72. The Morgan fingerprint density at radius 2 is 2.20 bits per heavy atom. The molecule has 1 heterocycles. The van der Waals surface area contributed by atoms with Crippen molar-refractivity contribution in [2.75, 3.05) is 12.8 Å². The first-order valence-electron chi connectivity index (χ1n) is 7.41. The van der Waals surface area contributed by atoms with Crippen LogP contribution in [-0.4, -0.2) is 30.0 Å². The van der Waals surface area contributed by atoms with Crippen LogP contribution < -0.4 is 10.6 Å². The molecule has 0 bridgehead atoms. The van der Waals surface area contributed by atoms with Crippen LogP contribution in [0.1, 0.15) is 36.3 Å². The number of amides is 1. The average molecular weight is 290 g/mol. The summed E-state index contributed by atoms with van der Waals surface area (Å²) in [5.41, 5.74) is 2.45. The highest BCUT2D eigenvalue weighted by Gasteiger charge is 2.32. The van der Waals surface area contributed by atoms with E-state index in [1.807, 2.05) is 23.9 Å². The van der Waals surface area contributed by atoms with E-state index in [2.05, 4.69) is 29.0 Å². The van der Waals surface area contributed by atoms with E-state index in [9.17, 15) is 4.79 Å². The van der Waals surface area contributed by atoms with Gasteiger partial charge in [-0.15, -0.1) is 0 Å². The molecule has 1 aliphatic heterocycles. The third-order valence-electron chi connectivity index (χ3n) is 4.49. The van der Waals surface area contributed by atoms with Crippen LogP contribution in [0.25, 0.3) is 0 Å². The van der Waals surface area contributed by atoms with E-state index in [0.717, 1.165) is 19.5 Å². The molecule has 2 N–H and O–H groups in total. The van der Waals surface area contributed by atoms with Crippen LogP contribution in [-0.2, 0) is 11.3 Å². The number of rotatable bonds is 3.